The molecule has 0 spiro atoms. The minimum atomic E-state index is -0.434. The largest absolute Gasteiger partial charge is 0.299 e. The van der Waals surface area contributed by atoms with E-state index in [1.54, 1.807) is 11.3 Å². The topological polar surface area (TPSA) is 96.5 Å². The number of H-pyrrole nitrogens is 1. The summed E-state index contributed by atoms with van der Waals surface area (Å²) < 4.78 is 0. The quantitative estimate of drug-likeness (QED) is 0.759. The van der Waals surface area contributed by atoms with Gasteiger partial charge < -0.3 is 0 Å². The predicted molar refractivity (Wildman–Crippen MR) is 67.6 cm³/mol. The average Bonchev–Trinajstić information content (AvgIpc) is 3.12. The van der Waals surface area contributed by atoms with Crippen LogP contribution in [0.2, 0.25) is 0 Å². The number of thiazole rings is 1. The van der Waals surface area contributed by atoms with Crippen molar-refractivity contribution in [1.82, 2.24) is 25.6 Å². The number of nitrogens with one attached hydrogen (secondary N) is 2. The number of hydrogen-bond donors (Lipinski definition) is 2. The molecule has 0 aliphatic carbocycles. The van der Waals surface area contributed by atoms with E-state index in [9.17, 15) is 4.79 Å². The van der Waals surface area contributed by atoms with Gasteiger partial charge in [0.05, 0.1) is 10.6 Å². The molecule has 3 aromatic heterocycles. The van der Waals surface area contributed by atoms with E-state index in [0.29, 0.717) is 5.13 Å². The maximum Gasteiger partial charge on any atom is 0.299 e. The van der Waals surface area contributed by atoms with Crippen molar-refractivity contribution in [2.75, 3.05) is 5.32 Å². The molecule has 3 aromatic rings. The van der Waals surface area contributed by atoms with Gasteiger partial charge in [-0.25, -0.2) is 4.98 Å². The van der Waals surface area contributed by atoms with Crippen molar-refractivity contribution in [3.8, 4) is 10.6 Å². The Hall–Kier alpha value is -2.13. The van der Waals surface area contributed by atoms with Crippen molar-refractivity contribution in [2.45, 2.75) is 0 Å². The fourth-order valence-corrected chi connectivity index (χ4v) is 2.75. The number of rotatable bonds is 3. The molecule has 3 rings (SSSR count). The molecule has 0 saturated carbocycles. The molecule has 0 radical (unpaired) electrons. The van der Waals surface area contributed by atoms with Crippen LogP contribution < -0.4 is 5.32 Å². The molecule has 0 aliphatic heterocycles. The lowest BCUT2D eigenvalue weighted by molar-refractivity contribution is 0.101. The molecule has 0 atom stereocenters. The van der Waals surface area contributed by atoms with Gasteiger partial charge in [0.25, 0.3) is 11.7 Å². The van der Waals surface area contributed by atoms with Gasteiger partial charge in [-0.15, -0.1) is 32.9 Å². The first-order valence-corrected chi connectivity index (χ1v) is 6.63. The molecular formula is C9H6N6OS2. The van der Waals surface area contributed by atoms with Gasteiger partial charge in [0.15, 0.2) is 5.13 Å². The van der Waals surface area contributed by atoms with Crippen LogP contribution in [-0.4, -0.2) is 31.5 Å². The second kappa shape index (κ2) is 4.63. The molecule has 2 N–H and O–H groups in total. The number of aromatic amines is 1. The van der Waals surface area contributed by atoms with E-state index < -0.39 is 5.91 Å². The summed E-state index contributed by atoms with van der Waals surface area (Å²) in [6.45, 7) is 0. The van der Waals surface area contributed by atoms with E-state index in [-0.39, 0.29) is 5.82 Å². The summed E-state index contributed by atoms with van der Waals surface area (Å²) in [6.07, 6.45) is 0. The van der Waals surface area contributed by atoms with Crippen molar-refractivity contribution in [1.29, 1.82) is 0 Å². The number of carbonyl (C=O) groups excluding carboxylic acids is 1. The molecule has 7 nitrogen and oxygen atoms in total. The lowest BCUT2D eigenvalue weighted by Gasteiger charge is -1.95. The fourth-order valence-electron chi connectivity index (χ4n) is 1.28. The van der Waals surface area contributed by atoms with Gasteiger partial charge in [-0.1, -0.05) is 6.07 Å². The van der Waals surface area contributed by atoms with E-state index in [0.717, 1.165) is 10.6 Å². The average molecular weight is 278 g/mol. The summed E-state index contributed by atoms with van der Waals surface area (Å²) >= 11 is 2.95. The van der Waals surface area contributed by atoms with Crippen molar-refractivity contribution in [3.05, 3.63) is 28.7 Å². The highest BCUT2D eigenvalue weighted by atomic mass is 32.1. The van der Waals surface area contributed by atoms with Gasteiger partial charge in [-0.2, -0.15) is 5.21 Å². The van der Waals surface area contributed by atoms with Gasteiger partial charge >= 0.3 is 0 Å². The maximum absolute atomic E-state index is 11.6. The Morgan fingerprint density at radius 2 is 2.33 bits per heavy atom. The van der Waals surface area contributed by atoms with Crippen molar-refractivity contribution < 1.29 is 4.79 Å². The lowest BCUT2D eigenvalue weighted by atomic mass is 10.4. The first-order chi connectivity index (χ1) is 8.83. The Morgan fingerprint density at radius 3 is 3.06 bits per heavy atom. The number of thiophene rings is 1. The number of nitrogens with zero attached hydrogens (tertiary/aromatic N) is 4. The zero-order valence-electron chi connectivity index (χ0n) is 8.82. The summed E-state index contributed by atoms with van der Waals surface area (Å²) in [7, 11) is 0. The molecule has 0 aliphatic rings. The van der Waals surface area contributed by atoms with Crippen LogP contribution in [-0.2, 0) is 0 Å². The molecule has 0 bridgehead atoms. The lowest BCUT2D eigenvalue weighted by Crippen LogP contribution is -2.13. The highest BCUT2D eigenvalue weighted by Gasteiger charge is 2.13. The Balaban J connectivity index is 1.76. The SMILES string of the molecule is O=C(Nc1nc(-c2cccs2)cs1)c1nn[nH]n1. The van der Waals surface area contributed by atoms with E-state index >= 15 is 0 Å². The van der Waals surface area contributed by atoms with Gasteiger partial charge in [0.2, 0.25) is 0 Å². The number of anilines is 1. The summed E-state index contributed by atoms with van der Waals surface area (Å²) in [5, 5.41) is 19.7. The Kier molecular flexibility index (Phi) is 2.82. The summed E-state index contributed by atoms with van der Waals surface area (Å²) in [6, 6.07) is 3.93. The number of carbonyl (C=O) groups is 1. The van der Waals surface area contributed by atoms with Gasteiger partial charge in [0, 0.05) is 5.38 Å². The first-order valence-electron chi connectivity index (χ1n) is 4.87. The molecule has 18 heavy (non-hydrogen) atoms. The monoisotopic (exact) mass is 278 g/mol. The second-order valence-electron chi connectivity index (χ2n) is 3.20. The molecule has 90 valence electrons. The fraction of sp³-hybridized carbons (Fsp3) is 0. The third-order valence-corrected chi connectivity index (χ3v) is 3.70. The minimum absolute atomic E-state index is 0.0112. The van der Waals surface area contributed by atoms with Gasteiger partial charge in [0.1, 0.15) is 0 Å². The predicted octanol–water partition coefficient (Wildman–Crippen LogP) is 1.64. The summed E-state index contributed by atoms with van der Waals surface area (Å²) in [5.41, 5.74) is 0.846. The van der Waals surface area contributed by atoms with Crippen LogP contribution in [0.1, 0.15) is 10.6 Å². The highest BCUT2D eigenvalue weighted by molar-refractivity contribution is 7.16. The molecule has 3 heterocycles. The smallest absolute Gasteiger partial charge is 0.295 e. The van der Waals surface area contributed by atoms with E-state index in [4.69, 9.17) is 0 Å². The van der Waals surface area contributed by atoms with Crippen LogP contribution in [0.4, 0.5) is 5.13 Å². The zero-order valence-corrected chi connectivity index (χ0v) is 10.5. The zero-order chi connectivity index (χ0) is 12.4. The minimum Gasteiger partial charge on any atom is -0.295 e. The number of aromatic nitrogens is 5. The van der Waals surface area contributed by atoms with Crippen LogP contribution in [0, 0.1) is 0 Å². The van der Waals surface area contributed by atoms with Crippen LogP contribution in [0.3, 0.4) is 0 Å². The molecule has 0 aromatic carbocycles. The molecule has 0 fully saturated rings. The van der Waals surface area contributed by atoms with Crippen LogP contribution in [0.25, 0.3) is 10.6 Å². The van der Waals surface area contributed by atoms with Crippen LogP contribution in [0.15, 0.2) is 22.9 Å². The van der Waals surface area contributed by atoms with Crippen LogP contribution in [0.5, 0.6) is 0 Å². The number of amides is 1. The standard InChI is InChI=1S/C9H6N6OS2/c16-8(7-12-14-15-13-7)11-9-10-5(4-18-9)6-2-1-3-17-6/h1-4H,(H,10,11,16)(H,12,13,14,15). The van der Waals surface area contributed by atoms with Crippen molar-refractivity contribution >= 4 is 33.7 Å². The summed E-state index contributed by atoms with van der Waals surface area (Å²) in [5.74, 6) is -0.446. The van der Waals surface area contributed by atoms with E-state index in [1.807, 2.05) is 22.9 Å². The summed E-state index contributed by atoms with van der Waals surface area (Å²) in [4.78, 5) is 17.0. The normalized spacial score (nSPS) is 10.4. The Labute approximate surface area is 109 Å². The van der Waals surface area contributed by atoms with Crippen molar-refractivity contribution in [3.63, 3.8) is 0 Å². The van der Waals surface area contributed by atoms with E-state index in [1.165, 1.54) is 11.3 Å². The molecular weight excluding hydrogens is 272 g/mol. The Bertz CT molecular complexity index is 644. The second-order valence-corrected chi connectivity index (χ2v) is 5.01. The Morgan fingerprint density at radius 1 is 1.39 bits per heavy atom. The van der Waals surface area contributed by atoms with Gasteiger partial charge in [-0.3, -0.25) is 10.1 Å². The number of tetrazole rings is 1. The third-order valence-electron chi connectivity index (χ3n) is 2.05. The number of hydrogen-bond acceptors (Lipinski definition) is 7. The third kappa shape index (κ3) is 2.13. The van der Waals surface area contributed by atoms with Crippen LogP contribution >= 0.6 is 22.7 Å². The van der Waals surface area contributed by atoms with E-state index in [2.05, 4.69) is 30.9 Å². The molecule has 0 unspecified atom stereocenters. The molecule has 0 saturated heterocycles. The maximum atomic E-state index is 11.6. The van der Waals surface area contributed by atoms with Gasteiger partial charge in [-0.05, 0) is 16.7 Å². The first kappa shape index (κ1) is 11.0. The molecule has 9 heteroatoms. The molecule has 1 amide bonds. The van der Waals surface area contributed by atoms with Crippen molar-refractivity contribution in [2.24, 2.45) is 0 Å². The highest BCUT2D eigenvalue weighted by Crippen LogP contribution is 2.28.